The Balaban J connectivity index is 1.60. The summed E-state index contributed by atoms with van der Waals surface area (Å²) in [6.45, 7) is 4.95. The third-order valence-electron chi connectivity index (χ3n) is 4.94. The van der Waals surface area contributed by atoms with E-state index in [4.69, 9.17) is 0 Å². The standard InChI is InChI=1S/C16H25N3O2S/c20-12-14-11-19(16(21)15-5-6-17-22-15)10-13(14)9-18-7-3-1-2-4-8-18/h5-6,13-14,20H,1-4,7-12H2. The monoisotopic (exact) mass is 323 g/mol. The number of nitrogens with zero attached hydrogens (tertiary/aromatic N) is 3. The highest BCUT2D eigenvalue weighted by Crippen LogP contribution is 2.27. The van der Waals surface area contributed by atoms with Crippen LogP contribution in [-0.2, 0) is 0 Å². The second-order valence-corrected chi connectivity index (χ2v) is 7.34. The van der Waals surface area contributed by atoms with Gasteiger partial charge in [0.2, 0.25) is 0 Å². The lowest BCUT2D eigenvalue weighted by molar-refractivity contribution is 0.0784. The van der Waals surface area contributed by atoms with Gasteiger partial charge in [-0.1, -0.05) is 12.8 Å². The van der Waals surface area contributed by atoms with Gasteiger partial charge in [-0.25, -0.2) is 4.37 Å². The predicted molar refractivity (Wildman–Crippen MR) is 87.0 cm³/mol. The number of hydrogen-bond acceptors (Lipinski definition) is 5. The van der Waals surface area contributed by atoms with Crippen molar-refractivity contribution < 1.29 is 9.90 Å². The Morgan fingerprint density at radius 1 is 1.23 bits per heavy atom. The van der Waals surface area contributed by atoms with Gasteiger partial charge in [0, 0.05) is 38.4 Å². The fourth-order valence-electron chi connectivity index (χ4n) is 3.65. The molecule has 0 saturated carbocycles. The number of hydrogen-bond donors (Lipinski definition) is 1. The summed E-state index contributed by atoms with van der Waals surface area (Å²) in [4.78, 5) is 17.6. The maximum absolute atomic E-state index is 12.5. The molecule has 1 amide bonds. The average Bonchev–Trinajstić information content (AvgIpc) is 3.12. The van der Waals surface area contributed by atoms with Crippen molar-refractivity contribution in [3.8, 4) is 0 Å². The van der Waals surface area contributed by atoms with Crippen LogP contribution in [0.5, 0.6) is 0 Å². The largest absolute Gasteiger partial charge is 0.396 e. The number of likely N-dealkylation sites (tertiary alicyclic amines) is 2. The van der Waals surface area contributed by atoms with Crippen LogP contribution in [0.3, 0.4) is 0 Å². The zero-order chi connectivity index (χ0) is 15.4. The lowest BCUT2D eigenvalue weighted by atomic mass is 9.96. The fraction of sp³-hybridized carbons (Fsp3) is 0.750. The Hall–Kier alpha value is -0.980. The quantitative estimate of drug-likeness (QED) is 0.916. The summed E-state index contributed by atoms with van der Waals surface area (Å²) in [5.74, 6) is 0.666. The van der Waals surface area contributed by atoms with E-state index in [0.717, 1.165) is 26.2 Å². The fourth-order valence-corrected chi connectivity index (χ4v) is 4.21. The molecule has 2 atom stereocenters. The van der Waals surface area contributed by atoms with Crippen molar-refractivity contribution in [2.45, 2.75) is 25.7 Å². The van der Waals surface area contributed by atoms with Crippen LogP contribution < -0.4 is 0 Å². The van der Waals surface area contributed by atoms with E-state index in [1.807, 2.05) is 4.90 Å². The van der Waals surface area contributed by atoms with E-state index < -0.39 is 0 Å². The van der Waals surface area contributed by atoms with Crippen LogP contribution in [0.4, 0.5) is 0 Å². The Labute approximate surface area is 136 Å². The van der Waals surface area contributed by atoms with Crippen molar-refractivity contribution in [3.05, 3.63) is 17.1 Å². The number of aliphatic hydroxyl groups is 1. The Morgan fingerprint density at radius 3 is 2.59 bits per heavy atom. The molecule has 0 spiro atoms. The predicted octanol–water partition coefficient (Wildman–Crippen LogP) is 1.70. The van der Waals surface area contributed by atoms with Crippen LogP contribution in [0.1, 0.15) is 35.4 Å². The highest BCUT2D eigenvalue weighted by molar-refractivity contribution is 7.08. The van der Waals surface area contributed by atoms with Crippen molar-refractivity contribution >= 4 is 17.4 Å². The zero-order valence-corrected chi connectivity index (χ0v) is 13.8. The molecule has 122 valence electrons. The number of carbonyl (C=O) groups is 1. The summed E-state index contributed by atoms with van der Waals surface area (Å²) >= 11 is 1.25. The summed E-state index contributed by atoms with van der Waals surface area (Å²) in [5.41, 5.74) is 0. The zero-order valence-electron chi connectivity index (χ0n) is 13.0. The van der Waals surface area contributed by atoms with E-state index in [0.29, 0.717) is 17.3 Å². The van der Waals surface area contributed by atoms with E-state index in [-0.39, 0.29) is 18.4 Å². The molecule has 0 aromatic carbocycles. The van der Waals surface area contributed by atoms with Crippen molar-refractivity contribution in [3.63, 3.8) is 0 Å². The van der Waals surface area contributed by atoms with Gasteiger partial charge >= 0.3 is 0 Å². The van der Waals surface area contributed by atoms with Gasteiger partial charge in [0.25, 0.3) is 5.91 Å². The van der Waals surface area contributed by atoms with Crippen molar-refractivity contribution in [2.75, 3.05) is 39.3 Å². The van der Waals surface area contributed by atoms with Gasteiger partial charge in [-0.2, -0.15) is 0 Å². The molecule has 2 saturated heterocycles. The lowest BCUT2D eigenvalue weighted by Gasteiger charge is -2.26. The maximum Gasteiger partial charge on any atom is 0.265 e. The molecule has 0 radical (unpaired) electrons. The molecular weight excluding hydrogens is 298 g/mol. The second-order valence-electron chi connectivity index (χ2n) is 6.50. The van der Waals surface area contributed by atoms with Crippen molar-refractivity contribution in [1.29, 1.82) is 0 Å². The molecule has 0 bridgehead atoms. The summed E-state index contributed by atoms with van der Waals surface area (Å²) in [6.07, 6.45) is 6.90. The number of aliphatic hydroxyl groups excluding tert-OH is 1. The molecule has 6 heteroatoms. The number of carbonyl (C=O) groups excluding carboxylic acids is 1. The molecule has 2 fully saturated rings. The highest BCUT2D eigenvalue weighted by Gasteiger charge is 2.36. The van der Waals surface area contributed by atoms with Crippen LogP contribution >= 0.6 is 11.5 Å². The molecule has 5 nitrogen and oxygen atoms in total. The number of amides is 1. The molecule has 3 heterocycles. The lowest BCUT2D eigenvalue weighted by Crippen LogP contribution is -2.35. The molecule has 22 heavy (non-hydrogen) atoms. The summed E-state index contributed by atoms with van der Waals surface area (Å²) < 4.78 is 4.01. The van der Waals surface area contributed by atoms with Gasteiger partial charge in [-0.3, -0.25) is 4.79 Å². The van der Waals surface area contributed by atoms with Gasteiger partial charge in [0.15, 0.2) is 0 Å². The highest BCUT2D eigenvalue weighted by atomic mass is 32.1. The second kappa shape index (κ2) is 7.53. The Bertz CT molecular complexity index is 472. The molecule has 0 aliphatic carbocycles. The molecule has 2 unspecified atom stereocenters. The number of rotatable bonds is 4. The van der Waals surface area contributed by atoms with Gasteiger partial charge in [-0.05, 0) is 49.4 Å². The topological polar surface area (TPSA) is 56.7 Å². The van der Waals surface area contributed by atoms with Crippen molar-refractivity contribution in [2.24, 2.45) is 11.8 Å². The minimum absolute atomic E-state index is 0.0688. The van der Waals surface area contributed by atoms with Crippen LogP contribution in [0.2, 0.25) is 0 Å². The molecule has 1 aromatic rings. The van der Waals surface area contributed by atoms with Gasteiger partial charge < -0.3 is 14.9 Å². The molecule has 3 rings (SSSR count). The first-order valence-electron chi connectivity index (χ1n) is 8.31. The maximum atomic E-state index is 12.5. The smallest absolute Gasteiger partial charge is 0.265 e. The van der Waals surface area contributed by atoms with E-state index in [1.165, 1.54) is 37.2 Å². The minimum atomic E-state index is 0.0688. The normalized spacial score (nSPS) is 27.0. The summed E-state index contributed by atoms with van der Waals surface area (Å²) in [5, 5.41) is 9.69. The summed E-state index contributed by atoms with van der Waals surface area (Å²) in [6, 6.07) is 1.78. The Morgan fingerprint density at radius 2 is 1.95 bits per heavy atom. The molecule has 1 aromatic heterocycles. The molecule has 1 N–H and O–H groups in total. The number of aromatic nitrogens is 1. The molecular formula is C16H25N3O2S. The van der Waals surface area contributed by atoms with Crippen LogP contribution in [-0.4, -0.2) is 64.5 Å². The third kappa shape index (κ3) is 3.67. The first-order valence-corrected chi connectivity index (χ1v) is 9.08. The van der Waals surface area contributed by atoms with Crippen LogP contribution in [0.25, 0.3) is 0 Å². The van der Waals surface area contributed by atoms with Crippen LogP contribution in [0.15, 0.2) is 12.3 Å². The van der Waals surface area contributed by atoms with Gasteiger partial charge in [0.1, 0.15) is 4.88 Å². The minimum Gasteiger partial charge on any atom is -0.396 e. The first kappa shape index (κ1) is 15.9. The van der Waals surface area contributed by atoms with E-state index in [2.05, 4.69) is 9.27 Å². The van der Waals surface area contributed by atoms with Crippen molar-refractivity contribution in [1.82, 2.24) is 14.2 Å². The molecule has 2 aliphatic heterocycles. The van der Waals surface area contributed by atoms with Crippen LogP contribution in [0, 0.1) is 11.8 Å². The SMILES string of the molecule is O=C(c1ccns1)N1CC(CO)C(CN2CCCCCC2)C1. The van der Waals surface area contributed by atoms with E-state index >= 15 is 0 Å². The van der Waals surface area contributed by atoms with E-state index in [9.17, 15) is 9.90 Å². The first-order chi connectivity index (χ1) is 10.8. The van der Waals surface area contributed by atoms with E-state index in [1.54, 1.807) is 12.3 Å². The van der Waals surface area contributed by atoms with Gasteiger partial charge in [-0.15, -0.1) is 0 Å². The third-order valence-corrected chi connectivity index (χ3v) is 5.67. The Kier molecular flexibility index (Phi) is 5.44. The van der Waals surface area contributed by atoms with Gasteiger partial charge in [0.05, 0.1) is 0 Å². The summed E-state index contributed by atoms with van der Waals surface area (Å²) in [7, 11) is 0. The average molecular weight is 323 g/mol. The molecule has 2 aliphatic rings.